The molecule has 0 fully saturated rings. The maximum Gasteiger partial charge on any atom is 0.315 e. The summed E-state index contributed by atoms with van der Waals surface area (Å²) in [4.78, 5) is 11.7. The minimum Gasteiger partial charge on any atom is -0.336 e. The fourth-order valence-corrected chi connectivity index (χ4v) is 2.62. The lowest BCUT2D eigenvalue weighted by atomic mass is 10.2. The molecule has 0 atom stereocenters. The number of carbonyl (C=O) groups is 1. The van der Waals surface area contributed by atoms with Gasteiger partial charge in [0.05, 0.1) is 10.1 Å². The van der Waals surface area contributed by atoms with E-state index in [9.17, 15) is 13.2 Å². The van der Waals surface area contributed by atoms with Crippen molar-refractivity contribution in [2.24, 2.45) is 0 Å². The number of urea groups is 1. The first-order chi connectivity index (χ1) is 9.23. The molecule has 0 spiro atoms. The molecule has 0 aromatic heterocycles. The summed E-state index contributed by atoms with van der Waals surface area (Å²) in [6, 6.07) is 6.42. The molecule has 5 nitrogen and oxygen atoms in total. The van der Waals surface area contributed by atoms with Crippen molar-refractivity contribution in [2.45, 2.75) is 50.4 Å². The first-order valence-corrected chi connectivity index (χ1v) is 8.15. The second-order valence-corrected chi connectivity index (χ2v) is 7.72. The zero-order chi connectivity index (χ0) is 15.3. The van der Waals surface area contributed by atoms with Crippen LogP contribution in [0.15, 0.2) is 29.2 Å². The van der Waals surface area contributed by atoms with E-state index in [1.54, 1.807) is 38.1 Å². The van der Waals surface area contributed by atoms with Crippen LogP contribution in [0.1, 0.15) is 33.3 Å². The van der Waals surface area contributed by atoms with Gasteiger partial charge in [0.1, 0.15) is 0 Å². The fraction of sp³-hybridized carbons (Fsp3) is 0.500. The van der Waals surface area contributed by atoms with E-state index in [2.05, 4.69) is 10.6 Å². The second kappa shape index (κ2) is 6.74. The van der Waals surface area contributed by atoms with Gasteiger partial charge in [0.15, 0.2) is 9.84 Å². The smallest absolute Gasteiger partial charge is 0.315 e. The largest absolute Gasteiger partial charge is 0.336 e. The van der Waals surface area contributed by atoms with Gasteiger partial charge < -0.3 is 10.6 Å². The Kier molecular flexibility index (Phi) is 5.56. The predicted octanol–water partition coefficient (Wildman–Crippen LogP) is 2.08. The third-order valence-corrected chi connectivity index (χ3v) is 4.92. The van der Waals surface area contributed by atoms with Gasteiger partial charge in [0, 0.05) is 12.6 Å². The monoisotopic (exact) mass is 298 g/mol. The normalized spacial score (nSPS) is 11.7. The van der Waals surface area contributed by atoms with Gasteiger partial charge >= 0.3 is 6.03 Å². The molecule has 0 unspecified atom stereocenters. The molecule has 6 heteroatoms. The maximum absolute atomic E-state index is 12.0. The number of hydrogen-bond acceptors (Lipinski definition) is 3. The number of carbonyl (C=O) groups excluding carboxylic acids is 1. The number of sulfone groups is 1. The zero-order valence-corrected chi connectivity index (χ0v) is 13.1. The quantitative estimate of drug-likeness (QED) is 0.874. The van der Waals surface area contributed by atoms with Crippen molar-refractivity contribution in [3.05, 3.63) is 29.8 Å². The van der Waals surface area contributed by atoms with Crippen molar-refractivity contribution in [3.63, 3.8) is 0 Å². The molecule has 0 aliphatic rings. The Labute approximate surface area is 120 Å². The Hall–Kier alpha value is -1.56. The molecule has 0 radical (unpaired) electrons. The van der Waals surface area contributed by atoms with Crippen molar-refractivity contribution in [2.75, 3.05) is 0 Å². The van der Waals surface area contributed by atoms with Crippen LogP contribution < -0.4 is 10.6 Å². The van der Waals surface area contributed by atoms with Gasteiger partial charge in [-0.15, -0.1) is 0 Å². The molecule has 0 aliphatic heterocycles. The highest BCUT2D eigenvalue weighted by Crippen LogP contribution is 2.16. The molecular weight excluding hydrogens is 276 g/mol. The molecule has 0 bridgehead atoms. The Morgan fingerprint density at radius 1 is 1.10 bits per heavy atom. The molecule has 2 amide bonds. The van der Waals surface area contributed by atoms with Crippen molar-refractivity contribution in [3.8, 4) is 0 Å². The third-order valence-electron chi connectivity index (χ3n) is 2.75. The fourth-order valence-electron chi connectivity index (χ4n) is 1.56. The Morgan fingerprint density at radius 3 is 2.10 bits per heavy atom. The summed E-state index contributed by atoms with van der Waals surface area (Å²) in [6.45, 7) is 7.43. The SMILES string of the molecule is CC(C)NC(=O)NCc1ccc(S(=O)(=O)C(C)C)cc1. The van der Waals surface area contributed by atoms with Gasteiger partial charge in [-0.3, -0.25) is 0 Å². The van der Waals surface area contributed by atoms with Crippen molar-refractivity contribution in [1.29, 1.82) is 0 Å². The highest BCUT2D eigenvalue weighted by Gasteiger charge is 2.18. The van der Waals surface area contributed by atoms with Gasteiger partial charge in [-0.05, 0) is 45.4 Å². The standard InChI is InChI=1S/C14H22N2O3S/c1-10(2)16-14(17)15-9-12-5-7-13(8-6-12)20(18,19)11(3)4/h5-8,10-11H,9H2,1-4H3,(H2,15,16,17). The van der Waals surface area contributed by atoms with Crippen LogP contribution in [-0.2, 0) is 16.4 Å². The van der Waals surface area contributed by atoms with Crippen LogP contribution in [0.5, 0.6) is 0 Å². The summed E-state index contributed by atoms with van der Waals surface area (Å²) >= 11 is 0. The molecule has 0 aliphatic carbocycles. The third kappa shape index (κ3) is 4.52. The van der Waals surface area contributed by atoms with Crippen molar-refractivity contribution in [1.82, 2.24) is 10.6 Å². The van der Waals surface area contributed by atoms with Crippen LogP contribution >= 0.6 is 0 Å². The first kappa shape index (κ1) is 16.5. The van der Waals surface area contributed by atoms with Crippen LogP contribution in [0.4, 0.5) is 4.79 Å². The number of benzene rings is 1. The van der Waals surface area contributed by atoms with Crippen LogP contribution in [0.2, 0.25) is 0 Å². The van der Waals surface area contributed by atoms with Gasteiger partial charge in [0.2, 0.25) is 0 Å². The Bertz CT molecular complexity index is 548. The average molecular weight is 298 g/mol. The summed E-state index contributed by atoms with van der Waals surface area (Å²) in [7, 11) is -3.24. The summed E-state index contributed by atoms with van der Waals surface area (Å²) < 4.78 is 23.9. The van der Waals surface area contributed by atoms with E-state index in [1.807, 2.05) is 13.8 Å². The minimum absolute atomic E-state index is 0.0774. The van der Waals surface area contributed by atoms with Crippen molar-refractivity contribution >= 4 is 15.9 Å². The molecular formula is C14H22N2O3S. The van der Waals surface area contributed by atoms with Gasteiger partial charge in [0.25, 0.3) is 0 Å². The van der Waals surface area contributed by atoms with Crippen LogP contribution in [0, 0.1) is 0 Å². The molecule has 1 aromatic carbocycles. The topological polar surface area (TPSA) is 75.3 Å². The van der Waals surface area contributed by atoms with E-state index in [1.165, 1.54) is 0 Å². The highest BCUT2D eigenvalue weighted by atomic mass is 32.2. The van der Waals surface area contributed by atoms with Crippen LogP contribution in [0.3, 0.4) is 0 Å². The highest BCUT2D eigenvalue weighted by molar-refractivity contribution is 7.92. The summed E-state index contributed by atoms with van der Waals surface area (Å²) in [5.74, 6) is 0. The molecule has 0 saturated heterocycles. The van der Waals surface area contributed by atoms with E-state index in [4.69, 9.17) is 0 Å². The molecule has 112 valence electrons. The van der Waals surface area contributed by atoms with E-state index in [0.717, 1.165) is 5.56 Å². The van der Waals surface area contributed by atoms with Gasteiger partial charge in [-0.2, -0.15) is 0 Å². The zero-order valence-electron chi connectivity index (χ0n) is 12.3. The summed E-state index contributed by atoms with van der Waals surface area (Å²) in [5, 5.41) is 4.99. The Morgan fingerprint density at radius 2 is 1.65 bits per heavy atom. The number of amides is 2. The lowest BCUT2D eigenvalue weighted by Crippen LogP contribution is -2.39. The number of hydrogen-bond donors (Lipinski definition) is 2. The van der Waals surface area contributed by atoms with E-state index < -0.39 is 15.1 Å². The second-order valence-electron chi connectivity index (χ2n) is 5.22. The summed E-state index contributed by atoms with van der Waals surface area (Å²) in [5.41, 5.74) is 0.853. The molecule has 0 saturated carbocycles. The van der Waals surface area contributed by atoms with Crippen LogP contribution in [0.25, 0.3) is 0 Å². The minimum atomic E-state index is -3.24. The summed E-state index contributed by atoms with van der Waals surface area (Å²) in [6.07, 6.45) is 0. The molecule has 0 heterocycles. The predicted molar refractivity (Wildman–Crippen MR) is 79.3 cm³/mol. The molecule has 1 rings (SSSR count). The average Bonchev–Trinajstić information content (AvgIpc) is 2.36. The Balaban J connectivity index is 2.67. The lowest BCUT2D eigenvalue weighted by Gasteiger charge is -2.11. The van der Waals surface area contributed by atoms with E-state index in [-0.39, 0.29) is 12.1 Å². The van der Waals surface area contributed by atoms with Gasteiger partial charge in [-0.1, -0.05) is 12.1 Å². The van der Waals surface area contributed by atoms with E-state index >= 15 is 0 Å². The first-order valence-electron chi connectivity index (χ1n) is 6.60. The molecule has 20 heavy (non-hydrogen) atoms. The van der Waals surface area contributed by atoms with Crippen LogP contribution in [-0.4, -0.2) is 25.7 Å². The number of nitrogens with one attached hydrogen (secondary N) is 2. The van der Waals surface area contributed by atoms with Gasteiger partial charge in [-0.25, -0.2) is 13.2 Å². The van der Waals surface area contributed by atoms with E-state index in [0.29, 0.717) is 11.4 Å². The lowest BCUT2D eigenvalue weighted by molar-refractivity contribution is 0.238. The number of rotatable bonds is 5. The maximum atomic E-state index is 12.0. The molecule has 1 aromatic rings. The molecule has 2 N–H and O–H groups in total. The van der Waals surface area contributed by atoms with Crippen molar-refractivity contribution < 1.29 is 13.2 Å².